The third-order valence-corrected chi connectivity index (χ3v) is 6.35. The van der Waals surface area contributed by atoms with E-state index in [0.717, 1.165) is 35.6 Å². The first kappa shape index (κ1) is 16.7. The van der Waals surface area contributed by atoms with Crippen LogP contribution in [0, 0.1) is 5.41 Å². The lowest BCUT2D eigenvalue weighted by molar-refractivity contribution is -0.119. The summed E-state index contributed by atoms with van der Waals surface area (Å²) < 4.78 is 0. The van der Waals surface area contributed by atoms with Crippen molar-refractivity contribution < 1.29 is 9.90 Å². The largest absolute Gasteiger partial charge is 0.395 e. The molecule has 2 aliphatic rings. The highest BCUT2D eigenvalue weighted by atomic mass is 32.2. The molecule has 0 radical (unpaired) electrons. The number of aliphatic hydroxyl groups excluding tert-OH is 1. The number of hydrogen-bond acceptors (Lipinski definition) is 4. The number of likely N-dealkylation sites (tertiary alicyclic amines) is 1. The van der Waals surface area contributed by atoms with Crippen molar-refractivity contribution in [3.8, 4) is 0 Å². The number of piperidine rings is 1. The monoisotopic (exact) mass is 331 g/mol. The van der Waals surface area contributed by atoms with E-state index in [4.69, 9.17) is 0 Å². The molecule has 0 amide bonds. The van der Waals surface area contributed by atoms with Crippen molar-refractivity contribution in [3.05, 3.63) is 41.3 Å². The Balaban J connectivity index is 1.89. The minimum Gasteiger partial charge on any atom is -0.395 e. The quantitative estimate of drug-likeness (QED) is 0.897. The third kappa shape index (κ3) is 3.39. The lowest BCUT2D eigenvalue weighted by Crippen LogP contribution is -2.54. The van der Waals surface area contributed by atoms with Crippen molar-refractivity contribution in [2.24, 2.45) is 5.41 Å². The summed E-state index contributed by atoms with van der Waals surface area (Å²) in [7, 11) is 0. The van der Waals surface area contributed by atoms with Gasteiger partial charge in [0.2, 0.25) is 0 Å². The van der Waals surface area contributed by atoms with Gasteiger partial charge in [0, 0.05) is 29.3 Å². The Labute approximate surface area is 142 Å². The van der Waals surface area contributed by atoms with E-state index >= 15 is 0 Å². The zero-order chi connectivity index (χ0) is 16.3. The number of carbonyl (C=O) groups is 1. The highest BCUT2D eigenvalue weighted by Crippen LogP contribution is 2.48. The number of allylic oxidation sites excluding steroid dienone is 1. The molecule has 1 aliphatic heterocycles. The number of carbonyl (C=O) groups excluding carboxylic acids is 1. The maximum absolute atomic E-state index is 12.7. The zero-order valence-corrected chi connectivity index (χ0v) is 14.5. The summed E-state index contributed by atoms with van der Waals surface area (Å²) in [5.74, 6) is 0.248. The molecule has 3 rings (SSSR count). The number of rotatable bonds is 5. The lowest BCUT2D eigenvalue weighted by atomic mass is 9.67. The molecule has 0 bridgehead atoms. The smallest absolute Gasteiger partial charge is 0.170 e. The molecule has 23 heavy (non-hydrogen) atoms. The molecule has 1 saturated heterocycles. The fraction of sp³-hybridized carbons (Fsp3) is 0.526. The molecule has 1 aromatic rings. The predicted molar refractivity (Wildman–Crippen MR) is 94.4 cm³/mol. The molecule has 1 aliphatic carbocycles. The Bertz CT molecular complexity index is 584. The zero-order valence-electron chi connectivity index (χ0n) is 13.7. The van der Waals surface area contributed by atoms with E-state index in [0.29, 0.717) is 13.0 Å². The first-order chi connectivity index (χ1) is 11.2. The van der Waals surface area contributed by atoms with Gasteiger partial charge in [0.1, 0.15) is 0 Å². The molecular formula is C19H25NO2S. The second-order valence-electron chi connectivity index (χ2n) is 6.52. The SMILES string of the molecule is CC[C@@]12C=C(Sc3ccccc3)C(=O)C[C@@H]1N(CCO)CCC2. The van der Waals surface area contributed by atoms with Crippen molar-refractivity contribution in [2.75, 3.05) is 19.7 Å². The lowest BCUT2D eigenvalue weighted by Gasteiger charge is -2.50. The number of ketones is 1. The fourth-order valence-electron chi connectivity index (χ4n) is 4.03. The average Bonchev–Trinajstić information content (AvgIpc) is 2.57. The Morgan fingerprint density at radius 2 is 2.13 bits per heavy atom. The van der Waals surface area contributed by atoms with Crippen molar-refractivity contribution in [1.82, 2.24) is 4.90 Å². The van der Waals surface area contributed by atoms with Crippen molar-refractivity contribution >= 4 is 17.5 Å². The second-order valence-corrected chi connectivity index (χ2v) is 7.63. The van der Waals surface area contributed by atoms with Crippen LogP contribution in [0.25, 0.3) is 0 Å². The number of nitrogens with zero attached hydrogens (tertiary/aromatic N) is 1. The van der Waals surface area contributed by atoms with Crippen LogP contribution in [-0.2, 0) is 4.79 Å². The van der Waals surface area contributed by atoms with Gasteiger partial charge in [-0.25, -0.2) is 0 Å². The van der Waals surface area contributed by atoms with Gasteiger partial charge in [0.15, 0.2) is 5.78 Å². The van der Waals surface area contributed by atoms with Crippen LogP contribution in [0.2, 0.25) is 0 Å². The molecule has 0 spiro atoms. The molecule has 1 N–H and O–H groups in total. The van der Waals surface area contributed by atoms with Crippen LogP contribution < -0.4 is 0 Å². The molecule has 0 aromatic heterocycles. The van der Waals surface area contributed by atoms with Crippen LogP contribution >= 0.6 is 11.8 Å². The van der Waals surface area contributed by atoms with E-state index in [1.54, 1.807) is 11.8 Å². The van der Waals surface area contributed by atoms with Crippen molar-refractivity contribution in [2.45, 2.75) is 43.5 Å². The number of β-amino-alcohol motifs (C(OH)–C–C–N with tert-alkyl or cyclic N) is 1. The molecule has 1 heterocycles. The molecule has 0 saturated carbocycles. The van der Waals surface area contributed by atoms with Crippen LogP contribution in [0.1, 0.15) is 32.6 Å². The van der Waals surface area contributed by atoms with Gasteiger partial charge < -0.3 is 5.11 Å². The van der Waals surface area contributed by atoms with Gasteiger partial charge in [-0.05, 0) is 37.9 Å². The highest BCUT2D eigenvalue weighted by Gasteiger charge is 2.46. The van der Waals surface area contributed by atoms with E-state index < -0.39 is 0 Å². The summed E-state index contributed by atoms with van der Waals surface area (Å²) in [4.78, 5) is 17.0. The topological polar surface area (TPSA) is 40.5 Å². The van der Waals surface area contributed by atoms with Gasteiger partial charge in [-0.15, -0.1) is 0 Å². The van der Waals surface area contributed by atoms with E-state index in [1.807, 2.05) is 18.2 Å². The molecule has 124 valence electrons. The van der Waals surface area contributed by atoms with Crippen molar-refractivity contribution in [3.63, 3.8) is 0 Å². The van der Waals surface area contributed by atoms with Gasteiger partial charge in [0.05, 0.1) is 11.5 Å². The number of fused-ring (bicyclic) bond motifs is 1. The summed E-state index contributed by atoms with van der Waals surface area (Å²) >= 11 is 1.60. The third-order valence-electron chi connectivity index (χ3n) is 5.28. The number of aliphatic hydroxyl groups is 1. The molecule has 1 fully saturated rings. The van der Waals surface area contributed by atoms with Crippen LogP contribution in [0.15, 0.2) is 46.2 Å². The summed E-state index contributed by atoms with van der Waals surface area (Å²) in [6, 6.07) is 10.4. The Kier molecular flexibility index (Phi) is 5.24. The standard InChI is InChI=1S/C19H25NO2S/c1-2-19-9-6-10-20(11-12-21)18(19)13-16(22)17(14-19)23-15-7-4-3-5-8-15/h3-5,7-8,14,18,21H,2,6,9-13H2,1H3/t18-,19+/m0/s1. The van der Waals surface area contributed by atoms with E-state index in [1.165, 1.54) is 0 Å². The van der Waals surface area contributed by atoms with Crippen molar-refractivity contribution in [1.29, 1.82) is 0 Å². The Morgan fingerprint density at radius 1 is 1.35 bits per heavy atom. The highest BCUT2D eigenvalue weighted by molar-refractivity contribution is 8.04. The number of Topliss-reactive ketones (excluding diaryl/α,β-unsaturated/α-hetero) is 1. The van der Waals surface area contributed by atoms with Gasteiger partial charge in [-0.3, -0.25) is 9.69 Å². The minimum atomic E-state index is 0.0818. The van der Waals surface area contributed by atoms with Gasteiger partial charge in [-0.2, -0.15) is 0 Å². The molecule has 0 unspecified atom stereocenters. The summed E-state index contributed by atoms with van der Waals surface area (Å²) in [5.41, 5.74) is 0.0818. The van der Waals surface area contributed by atoms with Crippen LogP contribution in [0.4, 0.5) is 0 Å². The first-order valence-corrected chi connectivity index (χ1v) is 9.34. The van der Waals surface area contributed by atoms with E-state index in [9.17, 15) is 9.90 Å². The van der Waals surface area contributed by atoms with E-state index in [2.05, 4.69) is 30.0 Å². The summed E-state index contributed by atoms with van der Waals surface area (Å²) in [6.45, 7) is 4.07. The maximum Gasteiger partial charge on any atom is 0.170 e. The molecule has 4 heteroatoms. The first-order valence-electron chi connectivity index (χ1n) is 8.52. The predicted octanol–water partition coefficient (Wildman–Crippen LogP) is 3.49. The van der Waals surface area contributed by atoms with Crippen LogP contribution in [-0.4, -0.2) is 41.5 Å². The van der Waals surface area contributed by atoms with Crippen LogP contribution in [0.3, 0.4) is 0 Å². The Hall–Kier alpha value is -1.10. The van der Waals surface area contributed by atoms with Crippen LogP contribution in [0.5, 0.6) is 0 Å². The number of benzene rings is 1. The average molecular weight is 331 g/mol. The van der Waals surface area contributed by atoms with Gasteiger partial charge in [0.25, 0.3) is 0 Å². The molecule has 3 nitrogen and oxygen atoms in total. The van der Waals surface area contributed by atoms with Gasteiger partial charge >= 0.3 is 0 Å². The van der Waals surface area contributed by atoms with E-state index in [-0.39, 0.29) is 23.8 Å². The van der Waals surface area contributed by atoms with Gasteiger partial charge in [-0.1, -0.05) is 43.0 Å². The number of hydrogen-bond donors (Lipinski definition) is 1. The molecule has 1 aromatic carbocycles. The Morgan fingerprint density at radius 3 is 2.83 bits per heavy atom. The maximum atomic E-state index is 12.7. The minimum absolute atomic E-state index is 0.0818. The second kappa shape index (κ2) is 7.20. The molecular weight excluding hydrogens is 306 g/mol. The fourth-order valence-corrected chi connectivity index (χ4v) is 5.07. The normalized spacial score (nSPS) is 28.3. The summed E-state index contributed by atoms with van der Waals surface area (Å²) in [6.07, 6.45) is 6.16. The summed E-state index contributed by atoms with van der Waals surface area (Å²) in [5, 5.41) is 9.33. The molecule has 2 atom stereocenters. The number of thioether (sulfide) groups is 1.